The van der Waals surface area contributed by atoms with Gasteiger partial charge in [-0.2, -0.15) is 0 Å². The fraction of sp³-hybridized carbons (Fsp3) is 0.294. The van der Waals surface area contributed by atoms with Crippen LogP contribution >= 0.6 is 0 Å². The quantitative estimate of drug-likeness (QED) is 0.885. The number of halogens is 2. The number of nitrogens with one attached hydrogen (secondary N) is 1. The van der Waals surface area contributed by atoms with Crippen LogP contribution in [-0.4, -0.2) is 6.04 Å². The molecule has 0 unspecified atom stereocenters. The molecule has 1 saturated carbocycles. The zero-order valence-electron chi connectivity index (χ0n) is 11.8. The minimum Gasteiger partial charge on any atom is -0.457 e. The summed E-state index contributed by atoms with van der Waals surface area (Å²) in [6.07, 6.45) is 2.36. The fourth-order valence-corrected chi connectivity index (χ4v) is 2.14. The molecule has 0 saturated heterocycles. The maximum atomic E-state index is 13.7. The molecule has 0 bridgehead atoms. The standard InChI is InChI=1S/C17H17F2NO/c1-11-2-3-13(18)9-17(11)21-16-7-12(6-14(19)8-16)10-20-15-4-5-15/h2-3,6-9,15,20H,4-5,10H2,1H3. The first-order valence-corrected chi connectivity index (χ1v) is 7.07. The molecule has 0 aliphatic heterocycles. The molecule has 1 aliphatic rings. The Labute approximate surface area is 122 Å². The summed E-state index contributed by atoms with van der Waals surface area (Å²) in [5, 5.41) is 3.33. The van der Waals surface area contributed by atoms with Crippen molar-refractivity contribution in [3.05, 3.63) is 59.2 Å². The van der Waals surface area contributed by atoms with E-state index < -0.39 is 0 Å². The molecular formula is C17H17F2NO. The lowest BCUT2D eigenvalue weighted by molar-refractivity contribution is 0.466. The van der Waals surface area contributed by atoms with E-state index in [9.17, 15) is 8.78 Å². The Morgan fingerprint density at radius 3 is 2.67 bits per heavy atom. The van der Waals surface area contributed by atoms with Crippen molar-refractivity contribution in [1.82, 2.24) is 5.32 Å². The molecule has 1 aliphatic carbocycles. The molecular weight excluding hydrogens is 272 g/mol. The molecule has 0 heterocycles. The molecule has 0 atom stereocenters. The smallest absolute Gasteiger partial charge is 0.133 e. The van der Waals surface area contributed by atoms with Crippen LogP contribution in [0.25, 0.3) is 0 Å². The monoisotopic (exact) mass is 289 g/mol. The lowest BCUT2D eigenvalue weighted by atomic mass is 10.2. The molecule has 0 aromatic heterocycles. The first-order valence-electron chi connectivity index (χ1n) is 7.07. The van der Waals surface area contributed by atoms with E-state index in [4.69, 9.17) is 4.74 Å². The minimum atomic E-state index is -0.373. The van der Waals surface area contributed by atoms with Gasteiger partial charge < -0.3 is 10.1 Å². The maximum absolute atomic E-state index is 13.7. The summed E-state index contributed by atoms with van der Waals surface area (Å²) >= 11 is 0. The molecule has 0 amide bonds. The molecule has 21 heavy (non-hydrogen) atoms. The van der Waals surface area contributed by atoms with Crippen LogP contribution in [0.5, 0.6) is 11.5 Å². The average molecular weight is 289 g/mol. The first kappa shape index (κ1) is 14.0. The van der Waals surface area contributed by atoms with Gasteiger partial charge in [-0.25, -0.2) is 8.78 Å². The van der Waals surface area contributed by atoms with Gasteiger partial charge in [0.1, 0.15) is 23.1 Å². The zero-order chi connectivity index (χ0) is 14.8. The van der Waals surface area contributed by atoms with Crippen molar-refractivity contribution in [3.63, 3.8) is 0 Å². The van der Waals surface area contributed by atoms with Crippen molar-refractivity contribution >= 4 is 0 Å². The number of hydrogen-bond acceptors (Lipinski definition) is 2. The van der Waals surface area contributed by atoms with E-state index in [1.807, 2.05) is 6.92 Å². The predicted octanol–water partition coefficient (Wildman–Crippen LogP) is 4.32. The Morgan fingerprint density at radius 2 is 1.90 bits per heavy atom. The third-order valence-electron chi connectivity index (χ3n) is 3.48. The van der Waals surface area contributed by atoms with E-state index in [0.717, 1.165) is 11.1 Å². The topological polar surface area (TPSA) is 21.3 Å². The fourth-order valence-electron chi connectivity index (χ4n) is 2.14. The van der Waals surface area contributed by atoms with Crippen LogP contribution in [0.15, 0.2) is 36.4 Å². The highest BCUT2D eigenvalue weighted by Crippen LogP contribution is 2.27. The molecule has 2 aromatic rings. The Morgan fingerprint density at radius 1 is 1.10 bits per heavy atom. The Bertz CT molecular complexity index is 653. The lowest BCUT2D eigenvalue weighted by Crippen LogP contribution is -2.15. The van der Waals surface area contributed by atoms with Gasteiger partial charge >= 0.3 is 0 Å². The van der Waals surface area contributed by atoms with Crippen LogP contribution in [0.2, 0.25) is 0 Å². The van der Waals surface area contributed by atoms with Gasteiger partial charge in [-0.3, -0.25) is 0 Å². The van der Waals surface area contributed by atoms with Crippen molar-refractivity contribution in [1.29, 1.82) is 0 Å². The van der Waals surface area contributed by atoms with Crippen LogP contribution in [-0.2, 0) is 6.54 Å². The number of hydrogen-bond donors (Lipinski definition) is 1. The van der Waals surface area contributed by atoms with Crippen LogP contribution in [0.3, 0.4) is 0 Å². The molecule has 2 aromatic carbocycles. The largest absolute Gasteiger partial charge is 0.457 e. The highest BCUT2D eigenvalue weighted by Gasteiger charge is 2.20. The normalized spacial score (nSPS) is 14.2. The molecule has 1 fully saturated rings. The summed E-state index contributed by atoms with van der Waals surface area (Å²) in [6.45, 7) is 2.44. The van der Waals surface area contributed by atoms with Crippen molar-refractivity contribution in [2.24, 2.45) is 0 Å². The Hall–Kier alpha value is -1.94. The van der Waals surface area contributed by atoms with E-state index >= 15 is 0 Å². The van der Waals surface area contributed by atoms with Gasteiger partial charge in [0, 0.05) is 24.7 Å². The van der Waals surface area contributed by atoms with Gasteiger partial charge in [-0.15, -0.1) is 0 Å². The van der Waals surface area contributed by atoms with Crippen molar-refractivity contribution in [2.75, 3.05) is 0 Å². The SMILES string of the molecule is Cc1ccc(F)cc1Oc1cc(F)cc(CNC2CC2)c1. The predicted molar refractivity (Wildman–Crippen MR) is 77.5 cm³/mol. The second-order valence-corrected chi connectivity index (χ2v) is 5.46. The summed E-state index contributed by atoms with van der Waals surface area (Å²) in [5.74, 6) is 0.0646. The molecule has 4 heteroatoms. The molecule has 2 nitrogen and oxygen atoms in total. The maximum Gasteiger partial charge on any atom is 0.133 e. The highest BCUT2D eigenvalue weighted by atomic mass is 19.1. The lowest BCUT2D eigenvalue weighted by Gasteiger charge is -2.11. The van der Waals surface area contributed by atoms with E-state index in [1.54, 1.807) is 12.1 Å². The van der Waals surface area contributed by atoms with E-state index in [1.165, 1.54) is 37.1 Å². The molecule has 1 N–H and O–H groups in total. The van der Waals surface area contributed by atoms with Gasteiger partial charge in [0.25, 0.3) is 0 Å². The minimum absolute atomic E-state index is 0.353. The summed E-state index contributed by atoms with van der Waals surface area (Å²) in [6, 6.07) is 9.46. The second kappa shape index (κ2) is 5.82. The van der Waals surface area contributed by atoms with Crippen molar-refractivity contribution in [2.45, 2.75) is 32.4 Å². The molecule has 110 valence electrons. The van der Waals surface area contributed by atoms with Crippen molar-refractivity contribution in [3.8, 4) is 11.5 Å². The second-order valence-electron chi connectivity index (χ2n) is 5.46. The third kappa shape index (κ3) is 3.79. The van der Waals surface area contributed by atoms with E-state index in [0.29, 0.717) is 24.1 Å². The molecule has 0 spiro atoms. The summed E-state index contributed by atoms with van der Waals surface area (Å²) < 4.78 is 32.6. The van der Waals surface area contributed by atoms with Crippen LogP contribution < -0.4 is 10.1 Å². The number of benzene rings is 2. The van der Waals surface area contributed by atoms with Gasteiger partial charge in [0.05, 0.1) is 0 Å². The van der Waals surface area contributed by atoms with Gasteiger partial charge in [-0.1, -0.05) is 6.07 Å². The van der Waals surface area contributed by atoms with Crippen LogP contribution in [0, 0.1) is 18.6 Å². The summed E-state index contributed by atoms with van der Waals surface area (Å²) in [4.78, 5) is 0. The Kier molecular flexibility index (Phi) is 3.88. The summed E-state index contributed by atoms with van der Waals surface area (Å²) in [5.41, 5.74) is 1.63. The average Bonchev–Trinajstić information content (AvgIpc) is 3.24. The van der Waals surface area contributed by atoms with Crippen LogP contribution in [0.4, 0.5) is 8.78 Å². The summed E-state index contributed by atoms with van der Waals surface area (Å²) in [7, 11) is 0. The van der Waals surface area contributed by atoms with Gasteiger partial charge in [-0.05, 0) is 49.1 Å². The van der Waals surface area contributed by atoms with Gasteiger partial charge in [0.2, 0.25) is 0 Å². The number of rotatable bonds is 5. The van der Waals surface area contributed by atoms with Gasteiger partial charge in [0.15, 0.2) is 0 Å². The number of aryl methyl sites for hydroxylation is 1. The van der Waals surface area contributed by atoms with Crippen LogP contribution in [0.1, 0.15) is 24.0 Å². The molecule has 0 radical (unpaired) electrons. The first-order chi connectivity index (χ1) is 10.1. The van der Waals surface area contributed by atoms with Crippen molar-refractivity contribution < 1.29 is 13.5 Å². The zero-order valence-corrected chi connectivity index (χ0v) is 11.8. The highest BCUT2D eigenvalue weighted by molar-refractivity contribution is 5.39. The third-order valence-corrected chi connectivity index (χ3v) is 3.48. The Balaban J connectivity index is 1.78. The number of ether oxygens (including phenoxy) is 1. The molecule has 3 rings (SSSR count). The van der Waals surface area contributed by atoms with E-state index in [2.05, 4.69) is 5.32 Å². The van der Waals surface area contributed by atoms with E-state index in [-0.39, 0.29) is 11.6 Å².